The van der Waals surface area contributed by atoms with Gasteiger partial charge < -0.3 is 4.74 Å². The zero-order valence-corrected chi connectivity index (χ0v) is 34.5. The summed E-state index contributed by atoms with van der Waals surface area (Å²) in [5, 5.41) is 3.30. The van der Waals surface area contributed by atoms with Crippen LogP contribution in [-0.4, -0.2) is 19.9 Å². The maximum atomic E-state index is 7.37. The highest BCUT2D eigenvalue weighted by Gasteiger charge is 2.51. The lowest BCUT2D eigenvalue weighted by Crippen LogP contribution is -2.32. The van der Waals surface area contributed by atoms with Crippen LogP contribution in [0, 0.1) is 0 Å². The van der Waals surface area contributed by atoms with Gasteiger partial charge in [-0.3, -0.25) is 0 Å². The molecule has 0 bridgehead atoms. The number of benzene rings is 9. The first-order valence-electron chi connectivity index (χ1n) is 21.6. The van der Waals surface area contributed by atoms with Crippen molar-refractivity contribution in [3.05, 3.63) is 241 Å². The summed E-state index contributed by atoms with van der Waals surface area (Å²) >= 11 is 0. The molecule has 0 amide bonds. The third-order valence-corrected chi connectivity index (χ3v) is 13.0. The molecule has 0 radical (unpaired) electrons. The average Bonchev–Trinajstić information content (AvgIpc) is 3.67. The number of aromatic nitrogens is 4. The SMILES string of the molecule is c1ccc(-c2nc(-c3ccccc3)nc(-c3ccc(-c4cccc5c4Oc4cc6c(-c7ccccc7)nc7ccccc7c6cc4C54c5ccccc5-c5ccccc54)cc3)n2)cc1. The third kappa shape index (κ3) is 5.44. The predicted molar refractivity (Wildman–Crippen MR) is 257 cm³/mol. The molecule has 0 atom stereocenters. The van der Waals surface area contributed by atoms with Crippen molar-refractivity contribution in [1.29, 1.82) is 0 Å². The number of ether oxygens (including phenoxy) is 1. The maximum absolute atomic E-state index is 7.37. The summed E-state index contributed by atoms with van der Waals surface area (Å²) in [6.45, 7) is 0. The molecule has 11 aromatic rings. The van der Waals surface area contributed by atoms with Crippen LogP contribution in [0.4, 0.5) is 0 Å². The van der Waals surface area contributed by atoms with Gasteiger partial charge in [-0.05, 0) is 51.4 Å². The highest BCUT2D eigenvalue weighted by Crippen LogP contribution is 2.64. The molecule has 9 aromatic carbocycles. The molecule has 0 saturated heterocycles. The Hall–Kier alpha value is -8.54. The Balaban J connectivity index is 1.03. The number of para-hydroxylation sites is 2. The van der Waals surface area contributed by atoms with Crippen molar-refractivity contribution in [1.82, 2.24) is 19.9 Å². The van der Waals surface area contributed by atoms with Crippen molar-refractivity contribution in [3.63, 3.8) is 0 Å². The lowest BCUT2D eigenvalue weighted by molar-refractivity contribution is 0.439. The molecule has 0 saturated carbocycles. The third-order valence-electron chi connectivity index (χ3n) is 13.0. The summed E-state index contributed by atoms with van der Waals surface area (Å²) in [6.07, 6.45) is 0. The molecule has 2 aliphatic rings. The van der Waals surface area contributed by atoms with E-state index in [-0.39, 0.29) is 0 Å². The lowest BCUT2D eigenvalue weighted by Gasteiger charge is -2.40. The van der Waals surface area contributed by atoms with Gasteiger partial charge in [-0.15, -0.1) is 0 Å². The molecule has 3 heterocycles. The number of pyridine rings is 1. The fourth-order valence-electron chi connectivity index (χ4n) is 10.1. The molecule has 0 unspecified atom stereocenters. The largest absolute Gasteiger partial charge is 0.456 e. The molecule has 1 spiro atoms. The Labute approximate surface area is 370 Å². The van der Waals surface area contributed by atoms with E-state index in [4.69, 9.17) is 24.7 Å². The fourth-order valence-corrected chi connectivity index (χ4v) is 10.1. The lowest BCUT2D eigenvalue weighted by atomic mass is 9.65. The van der Waals surface area contributed by atoms with Crippen molar-refractivity contribution in [3.8, 4) is 79.2 Å². The Morgan fingerprint density at radius 2 is 0.797 bits per heavy atom. The molecule has 0 fully saturated rings. The topological polar surface area (TPSA) is 60.8 Å². The predicted octanol–water partition coefficient (Wildman–Crippen LogP) is 14.4. The van der Waals surface area contributed by atoms with E-state index in [1.54, 1.807) is 0 Å². The van der Waals surface area contributed by atoms with E-state index in [1.807, 2.05) is 60.7 Å². The smallest absolute Gasteiger partial charge is 0.164 e. The van der Waals surface area contributed by atoms with Crippen molar-refractivity contribution in [2.24, 2.45) is 0 Å². The Morgan fingerprint density at radius 1 is 0.312 bits per heavy atom. The second-order valence-electron chi connectivity index (χ2n) is 16.5. The van der Waals surface area contributed by atoms with Crippen molar-refractivity contribution < 1.29 is 4.74 Å². The number of hydrogen-bond donors (Lipinski definition) is 0. The van der Waals surface area contributed by atoms with Gasteiger partial charge in [0.25, 0.3) is 0 Å². The Morgan fingerprint density at radius 3 is 1.42 bits per heavy atom. The van der Waals surface area contributed by atoms with Crippen LogP contribution in [0.3, 0.4) is 0 Å². The van der Waals surface area contributed by atoms with Crippen molar-refractivity contribution in [2.45, 2.75) is 5.41 Å². The number of hydrogen-bond acceptors (Lipinski definition) is 5. The molecular weight excluding hydrogens is 781 g/mol. The minimum Gasteiger partial charge on any atom is -0.456 e. The number of fused-ring (bicyclic) bond motifs is 12. The average molecular weight is 817 g/mol. The van der Waals surface area contributed by atoms with Gasteiger partial charge in [-0.2, -0.15) is 0 Å². The van der Waals surface area contributed by atoms with Crippen LogP contribution in [-0.2, 0) is 5.41 Å². The van der Waals surface area contributed by atoms with E-state index in [9.17, 15) is 0 Å². The first-order valence-corrected chi connectivity index (χ1v) is 21.6. The highest BCUT2D eigenvalue weighted by molar-refractivity contribution is 6.12. The Bertz CT molecular complexity index is 3520. The summed E-state index contributed by atoms with van der Waals surface area (Å²) in [7, 11) is 0. The van der Waals surface area contributed by atoms with E-state index < -0.39 is 5.41 Å². The monoisotopic (exact) mass is 816 g/mol. The number of rotatable bonds is 5. The Kier molecular flexibility index (Phi) is 8.06. The fraction of sp³-hybridized carbons (Fsp3) is 0.0169. The molecule has 5 nitrogen and oxygen atoms in total. The summed E-state index contributed by atoms with van der Waals surface area (Å²) < 4.78 is 7.37. The first kappa shape index (κ1) is 36.1. The summed E-state index contributed by atoms with van der Waals surface area (Å²) in [5.74, 6) is 3.52. The highest BCUT2D eigenvalue weighted by atomic mass is 16.5. The zero-order chi connectivity index (χ0) is 42.2. The molecule has 0 N–H and O–H groups in total. The first-order chi connectivity index (χ1) is 31.7. The molecule has 64 heavy (non-hydrogen) atoms. The summed E-state index contributed by atoms with van der Waals surface area (Å²) in [4.78, 5) is 20.2. The molecule has 5 heteroatoms. The van der Waals surface area contributed by atoms with Gasteiger partial charge in [0.2, 0.25) is 0 Å². The van der Waals surface area contributed by atoms with E-state index in [0.29, 0.717) is 17.5 Å². The molecule has 13 rings (SSSR count). The van der Waals surface area contributed by atoms with Gasteiger partial charge in [0.15, 0.2) is 17.5 Å². The van der Waals surface area contributed by atoms with Crippen LogP contribution in [0.1, 0.15) is 22.3 Å². The van der Waals surface area contributed by atoms with Crippen LogP contribution < -0.4 is 4.74 Å². The maximum Gasteiger partial charge on any atom is 0.164 e. The normalized spacial score (nSPS) is 12.9. The molecule has 2 aromatic heterocycles. The van der Waals surface area contributed by atoms with Gasteiger partial charge in [0.1, 0.15) is 11.5 Å². The quantitative estimate of drug-likeness (QED) is 0.162. The van der Waals surface area contributed by atoms with Gasteiger partial charge in [-0.25, -0.2) is 19.9 Å². The summed E-state index contributed by atoms with van der Waals surface area (Å²) in [5.41, 5.74) is 14.3. The van der Waals surface area contributed by atoms with E-state index in [1.165, 1.54) is 22.3 Å². The minimum atomic E-state index is -0.663. The van der Waals surface area contributed by atoms with Crippen LogP contribution in [0.25, 0.3) is 89.4 Å². The molecule has 298 valence electrons. The van der Waals surface area contributed by atoms with Crippen LogP contribution in [0.2, 0.25) is 0 Å². The minimum absolute atomic E-state index is 0.611. The molecular formula is C59H36N4O. The second kappa shape index (κ2) is 14.3. The van der Waals surface area contributed by atoms with Gasteiger partial charge >= 0.3 is 0 Å². The van der Waals surface area contributed by atoms with Crippen LogP contribution >= 0.6 is 0 Å². The van der Waals surface area contributed by atoms with E-state index in [2.05, 4.69) is 158 Å². The second-order valence-corrected chi connectivity index (χ2v) is 16.5. The van der Waals surface area contributed by atoms with Gasteiger partial charge in [0, 0.05) is 49.7 Å². The van der Waals surface area contributed by atoms with E-state index >= 15 is 0 Å². The van der Waals surface area contributed by atoms with Crippen LogP contribution in [0.15, 0.2) is 218 Å². The molecule has 1 aliphatic heterocycles. The van der Waals surface area contributed by atoms with Crippen molar-refractivity contribution >= 4 is 21.7 Å². The standard InChI is InChI=1S/C59H36N4O/c1-4-17-38(18-5-1)54-47-36-53-51(35-46(47)45-25-12-15-30-52(45)60-54)59(48-27-13-10-23-43(48)44-24-11-14-28-49(44)59)50-29-16-26-42(55(50)64-53)37-31-33-41(34-32-37)58-62-56(39-19-6-2-7-20-39)61-57(63-58)40-21-8-3-9-22-40/h1-36H. The van der Waals surface area contributed by atoms with Crippen LogP contribution in [0.5, 0.6) is 11.5 Å². The number of nitrogens with zero attached hydrogens (tertiary/aromatic N) is 4. The summed E-state index contributed by atoms with van der Waals surface area (Å²) in [6, 6.07) is 76.7. The van der Waals surface area contributed by atoms with Crippen molar-refractivity contribution in [2.75, 3.05) is 0 Å². The zero-order valence-electron chi connectivity index (χ0n) is 34.5. The van der Waals surface area contributed by atoms with Gasteiger partial charge in [-0.1, -0.05) is 200 Å². The molecule has 1 aliphatic carbocycles. The van der Waals surface area contributed by atoms with Gasteiger partial charge in [0.05, 0.1) is 16.6 Å². The van der Waals surface area contributed by atoms with E-state index in [0.717, 1.165) is 83.4 Å².